The predicted molar refractivity (Wildman–Crippen MR) is 37.6 cm³/mol. The summed E-state index contributed by atoms with van der Waals surface area (Å²) in [5.74, 6) is -0.257. The van der Waals surface area contributed by atoms with E-state index in [1.54, 1.807) is 0 Å². The van der Waals surface area contributed by atoms with Crippen LogP contribution in [0.2, 0.25) is 0 Å². The van der Waals surface area contributed by atoms with Crippen LogP contribution in [-0.2, 0) is 9.53 Å². The zero-order chi connectivity index (χ0) is 8.32. The van der Waals surface area contributed by atoms with Gasteiger partial charge in [0, 0.05) is 0 Å². The fraction of sp³-hybridized carbons (Fsp3) is 0.714. The van der Waals surface area contributed by atoms with E-state index in [4.69, 9.17) is 5.26 Å². The molecular weight excluding hydrogens is 144 g/mol. The third kappa shape index (κ3) is 1.49. The molecule has 0 unspecified atom stereocenters. The molecule has 1 N–H and O–H groups in total. The molecule has 0 saturated heterocycles. The van der Waals surface area contributed by atoms with Gasteiger partial charge in [0.1, 0.15) is 5.54 Å². The van der Waals surface area contributed by atoms with Crippen molar-refractivity contribution >= 4 is 5.97 Å². The van der Waals surface area contributed by atoms with Gasteiger partial charge in [-0.2, -0.15) is 5.26 Å². The molecule has 0 bridgehead atoms. The Kier molecular flexibility index (Phi) is 2.11. The second-order valence-electron chi connectivity index (χ2n) is 2.59. The minimum absolute atomic E-state index is 0.203. The molecule has 0 radical (unpaired) electrons. The molecule has 0 amide bonds. The minimum atomic E-state index is -0.523. The molecule has 0 aromatic rings. The summed E-state index contributed by atoms with van der Waals surface area (Å²) in [5, 5.41) is 11.1. The van der Waals surface area contributed by atoms with Gasteiger partial charge in [-0.25, -0.2) is 0 Å². The van der Waals surface area contributed by atoms with Gasteiger partial charge >= 0.3 is 5.97 Å². The number of esters is 1. The monoisotopic (exact) mass is 154 g/mol. The second kappa shape index (κ2) is 2.89. The first-order valence-electron chi connectivity index (χ1n) is 3.45. The molecule has 60 valence electrons. The lowest BCUT2D eigenvalue weighted by atomic mass is 10.3. The first-order chi connectivity index (χ1) is 5.25. The van der Waals surface area contributed by atoms with Crippen molar-refractivity contribution in [3.05, 3.63) is 0 Å². The standard InChI is InChI=1S/C7H10N2O2/c1-11-6(10)7(2-3-7)9-5-4-8/h9H,2-3,5H2,1H3. The zero-order valence-corrected chi connectivity index (χ0v) is 6.39. The van der Waals surface area contributed by atoms with Gasteiger partial charge in [0.15, 0.2) is 0 Å². The summed E-state index contributed by atoms with van der Waals surface area (Å²) >= 11 is 0. The Morgan fingerprint density at radius 2 is 2.45 bits per heavy atom. The lowest BCUT2D eigenvalue weighted by molar-refractivity contribution is -0.144. The van der Waals surface area contributed by atoms with Crippen molar-refractivity contribution in [2.75, 3.05) is 13.7 Å². The Balaban J connectivity index is 2.42. The Bertz CT molecular complexity index is 203. The van der Waals surface area contributed by atoms with Crippen LogP contribution in [0.25, 0.3) is 0 Å². The fourth-order valence-electron chi connectivity index (χ4n) is 0.982. The largest absolute Gasteiger partial charge is 0.468 e. The van der Waals surface area contributed by atoms with Gasteiger partial charge < -0.3 is 4.74 Å². The summed E-state index contributed by atoms with van der Waals surface area (Å²) < 4.78 is 4.56. The summed E-state index contributed by atoms with van der Waals surface area (Å²) in [6.45, 7) is 0.203. The Labute approximate surface area is 65.1 Å². The molecule has 1 aliphatic carbocycles. The quantitative estimate of drug-likeness (QED) is 0.452. The first kappa shape index (κ1) is 8.02. The molecule has 0 atom stereocenters. The van der Waals surface area contributed by atoms with E-state index in [1.807, 2.05) is 6.07 Å². The average Bonchev–Trinajstić information content (AvgIpc) is 2.80. The molecule has 0 aromatic carbocycles. The summed E-state index contributed by atoms with van der Waals surface area (Å²) in [4.78, 5) is 11.0. The van der Waals surface area contributed by atoms with Crippen LogP contribution in [0.1, 0.15) is 12.8 Å². The van der Waals surface area contributed by atoms with Crippen LogP contribution in [0.3, 0.4) is 0 Å². The van der Waals surface area contributed by atoms with Crippen LogP contribution in [0.5, 0.6) is 0 Å². The molecule has 0 spiro atoms. The SMILES string of the molecule is COC(=O)C1(NCC#N)CC1. The van der Waals surface area contributed by atoms with Crippen molar-refractivity contribution < 1.29 is 9.53 Å². The normalized spacial score (nSPS) is 18.5. The van der Waals surface area contributed by atoms with Gasteiger partial charge in [0.2, 0.25) is 0 Å². The maximum absolute atomic E-state index is 11.0. The van der Waals surface area contributed by atoms with Gasteiger partial charge in [-0.1, -0.05) is 0 Å². The first-order valence-corrected chi connectivity index (χ1v) is 3.45. The topological polar surface area (TPSA) is 62.1 Å². The molecular formula is C7H10N2O2. The third-order valence-corrected chi connectivity index (χ3v) is 1.83. The van der Waals surface area contributed by atoms with Crippen molar-refractivity contribution in [2.24, 2.45) is 0 Å². The molecule has 1 saturated carbocycles. The van der Waals surface area contributed by atoms with Crippen LogP contribution in [0, 0.1) is 11.3 Å². The third-order valence-electron chi connectivity index (χ3n) is 1.83. The Morgan fingerprint density at radius 1 is 1.82 bits per heavy atom. The Hall–Kier alpha value is -1.08. The maximum atomic E-state index is 11.0. The van der Waals surface area contributed by atoms with E-state index in [0.29, 0.717) is 0 Å². The van der Waals surface area contributed by atoms with Crippen molar-refractivity contribution in [3.63, 3.8) is 0 Å². The number of methoxy groups -OCH3 is 1. The molecule has 4 heteroatoms. The number of nitrogens with one attached hydrogen (secondary N) is 1. The fourth-order valence-corrected chi connectivity index (χ4v) is 0.982. The lowest BCUT2D eigenvalue weighted by Crippen LogP contribution is -2.40. The predicted octanol–water partition coefficient (Wildman–Crippen LogP) is -0.195. The van der Waals surface area contributed by atoms with E-state index in [9.17, 15) is 4.79 Å². The molecule has 1 rings (SSSR count). The number of carbonyl (C=O) groups excluding carboxylic acids is 1. The molecule has 0 aliphatic heterocycles. The molecule has 1 fully saturated rings. The smallest absolute Gasteiger partial charge is 0.326 e. The average molecular weight is 154 g/mol. The van der Waals surface area contributed by atoms with Gasteiger partial charge in [0.05, 0.1) is 19.7 Å². The molecule has 0 aromatic heterocycles. The second-order valence-corrected chi connectivity index (χ2v) is 2.59. The van der Waals surface area contributed by atoms with E-state index in [0.717, 1.165) is 12.8 Å². The summed E-state index contributed by atoms with van der Waals surface area (Å²) in [6, 6.07) is 1.92. The summed E-state index contributed by atoms with van der Waals surface area (Å²) in [5.41, 5.74) is -0.523. The number of ether oxygens (including phenoxy) is 1. The van der Waals surface area contributed by atoms with Crippen molar-refractivity contribution in [1.82, 2.24) is 5.32 Å². The Morgan fingerprint density at radius 3 is 2.82 bits per heavy atom. The maximum Gasteiger partial charge on any atom is 0.326 e. The summed E-state index contributed by atoms with van der Waals surface area (Å²) in [6.07, 6.45) is 1.56. The van der Waals surface area contributed by atoms with Crippen LogP contribution < -0.4 is 5.32 Å². The highest BCUT2D eigenvalue weighted by molar-refractivity contribution is 5.84. The van der Waals surface area contributed by atoms with Crippen molar-refractivity contribution in [3.8, 4) is 6.07 Å². The number of hydrogen-bond acceptors (Lipinski definition) is 4. The molecule has 0 heterocycles. The van der Waals surface area contributed by atoms with Crippen molar-refractivity contribution in [1.29, 1.82) is 5.26 Å². The van der Waals surface area contributed by atoms with E-state index in [-0.39, 0.29) is 12.5 Å². The van der Waals surface area contributed by atoms with Gasteiger partial charge in [-0.15, -0.1) is 0 Å². The zero-order valence-electron chi connectivity index (χ0n) is 6.39. The van der Waals surface area contributed by atoms with Gasteiger partial charge in [-0.3, -0.25) is 10.1 Å². The summed E-state index contributed by atoms with van der Waals surface area (Å²) in [7, 11) is 1.36. The number of carbonyl (C=O) groups is 1. The molecule has 4 nitrogen and oxygen atoms in total. The van der Waals surface area contributed by atoms with Crippen molar-refractivity contribution in [2.45, 2.75) is 18.4 Å². The highest BCUT2D eigenvalue weighted by Crippen LogP contribution is 2.36. The van der Waals surface area contributed by atoms with Crippen LogP contribution in [-0.4, -0.2) is 25.2 Å². The van der Waals surface area contributed by atoms with Crippen LogP contribution >= 0.6 is 0 Å². The van der Waals surface area contributed by atoms with E-state index < -0.39 is 5.54 Å². The van der Waals surface area contributed by atoms with E-state index in [1.165, 1.54) is 7.11 Å². The van der Waals surface area contributed by atoms with E-state index in [2.05, 4.69) is 10.1 Å². The van der Waals surface area contributed by atoms with Gasteiger partial charge in [0.25, 0.3) is 0 Å². The van der Waals surface area contributed by atoms with Crippen LogP contribution in [0.15, 0.2) is 0 Å². The number of nitriles is 1. The number of rotatable bonds is 3. The lowest BCUT2D eigenvalue weighted by Gasteiger charge is -2.10. The highest BCUT2D eigenvalue weighted by atomic mass is 16.5. The number of nitrogens with zero attached hydrogens (tertiary/aromatic N) is 1. The van der Waals surface area contributed by atoms with E-state index >= 15 is 0 Å². The molecule has 11 heavy (non-hydrogen) atoms. The van der Waals surface area contributed by atoms with Gasteiger partial charge in [-0.05, 0) is 12.8 Å². The number of hydrogen-bond donors (Lipinski definition) is 1. The highest BCUT2D eigenvalue weighted by Gasteiger charge is 2.50. The minimum Gasteiger partial charge on any atom is -0.468 e. The van der Waals surface area contributed by atoms with Crippen LogP contribution in [0.4, 0.5) is 0 Å². The molecule has 1 aliphatic rings.